The molecule has 0 saturated heterocycles. The predicted molar refractivity (Wildman–Crippen MR) is 72.7 cm³/mol. The molecule has 1 aliphatic carbocycles. The van der Waals surface area contributed by atoms with Crippen LogP contribution in [0.5, 0.6) is 0 Å². The van der Waals surface area contributed by atoms with Crippen molar-refractivity contribution < 1.29 is 5.11 Å². The molecule has 1 aromatic heterocycles. The van der Waals surface area contributed by atoms with Gasteiger partial charge in [-0.3, -0.25) is 4.68 Å². The highest BCUT2D eigenvalue weighted by Gasteiger charge is 2.25. The second kappa shape index (κ2) is 5.13. The van der Waals surface area contributed by atoms with Crippen LogP contribution in [-0.2, 0) is 26.3 Å². The molecule has 0 saturated carbocycles. The maximum atomic E-state index is 10.4. The summed E-state index contributed by atoms with van der Waals surface area (Å²) in [5.41, 5.74) is 3.69. The van der Waals surface area contributed by atoms with Crippen molar-refractivity contribution in [2.45, 2.75) is 31.8 Å². The Kier molecular flexibility index (Phi) is 3.34. The topological polar surface area (TPSA) is 50.9 Å². The second-order valence-electron chi connectivity index (χ2n) is 5.43. The first kappa shape index (κ1) is 12.4. The molecule has 19 heavy (non-hydrogen) atoms. The molecule has 1 heterocycles. The van der Waals surface area contributed by atoms with Crippen molar-refractivity contribution >= 4 is 0 Å². The van der Waals surface area contributed by atoms with Gasteiger partial charge in [0.25, 0.3) is 0 Å². The van der Waals surface area contributed by atoms with E-state index >= 15 is 0 Å². The molecular formula is C15H19N3O. The molecule has 3 rings (SSSR count). The molecule has 0 aliphatic heterocycles. The Morgan fingerprint density at radius 1 is 1.37 bits per heavy atom. The van der Waals surface area contributed by atoms with Crippen molar-refractivity contribution in [3.63, 3.8) is 0 Å². The van der Waals surface area contributed by atoms with Crippen LogP contribution in [0.3, 0.4) is 0 Å². The van der Waals surface area contributed by atoms with Gasteiger partial charge in [-0.25, -0.2) is 0 Å². The van der Waals surface area contributed by atoms with Gasteiger partial charge < -0.3 is 5.11 Å². The third-order valence-corrected chi connectivity index (χ3v) is 4.00. The van der Waals surface area contributed by atoms with Gasteiger partial charge in [0.15, 0.2) is 0 Å². The van der Waals surface area contributed by atoms with Crippen LogP contribution < -0.4 is 0 Å². The molecule has 4 heteroatoms. The number of benzene rings is 1. The molecule has 1 aromatic carbocycles. The SMILES string of the molecule is Cn1cc(CC(O)C2CCc3ccccc3C2)nn1. The van der Waals surface area contributed by atoms with E-state index < -0.39 is 0 Å². The number of nitrogens with zero attached hydrogens (tertiary/aromatic N) is 3. The number of fused-ring (bicyclic) bond motifs is 1. The van der Waals surface area contributed by atoms with E-state index in [4.69, 9.17) is 0 Å². The molecule has 0 amide bonds. The van der Waals surface area contributed by atoms with E-state index in [-0.39, 0.29) is 6.10 Å². The monoisotopic (exact) mass is 257 g/mol. The number of aryl methyl sites for hydroxylation is 2. The quantitative estimate of drug-likeness (QED) is 0.907. The molecular weight excluding hydrogens is 238 g/mol. The van der Waals surface area contributed by atoms with Crippen LogP contribution >= 0.6 is 0 Å². The van der Waals surface area contributed by atoms with Gasteiger partial charge in [-0.15, -0.1) is 5.10 Å². The molecule has 0 bridgehead atoms. The smallest absolute Gasteiger partial charge is 0.0852 e. The average Bonchev–Trinajstić information content (AvgIpc) is 2.83. The number of aliphatic hydroxyl groups excluding tert-OH is 1. The van der Waals surface area contributed by atoms with Gasteiger partial charge in [0.1, 0.15) is 0 Å². The largest absolute Gasteiger partial charge is 0.392 e. The Hall–Kier alpha value is -1.68. The van der Waals surface area contributed by atoms with Crippen LogP contribution in [0, 0.1) is 5.92 Å². The summed E-state index contributed by atoms with van der Waals surface area (Å²) in [5.74, 6) is 0.330. The van der Waals surface area contributed by atoms with Crippen LogP contribution in [0.15, 0.2) is 30.5 Å². The highest BCUT2D eigenvalue weighted by Crippen LogP contribution is 2.28. The van der Waals surface area contributed by atoms with Gasteiger partial charge in [-0.2, -0.15) is 0 Å². The van der Waals surface area contributed by atoms with E-state index in [9.17, 15) is 5.11 Å². The number of aliphatic hydroxyl groups is 1. The summed E-state index contributed by atoms with van der Waals surface area (Å²) in [6, 6.07) is 8.54. The maximum Gasteiger partial charge on any atom is 0.0852 e. The molecule has 1 N–H and O–H groups in total. The molecule has 0 radical (unpaired) electrons. The van der Waals surface area contributed by atoms with Crippen LogP contribution in [0.25, 0.3) is 0 Å². The van der Waals surface area contributed by atoms with E-state index in [1.165, 1.54) is 11.1 Å². The van der Waals surface area contributed by atoms with Gasteiger partial charge in [-0.1, -0.05) is 29.5 Å². The molecule has 0 fully saturated rings. The van der Waals surface area contributed by atoms with E-state index in [1.54, 1.807) is 4.68 Å². The van der Waals surface area contributed by atoms with Gasteiger partial charge in [0.2, 0.25) is 0 Å². The van der Waals surface area contributed by atoms with Gasteiger partial charge >= 0.3 is 0 Å². The lowest BCUT2D eigenvalue weighted by Crippen LogP contribution is -2.28. The zero-order valence-corrected chi connectivity index (χ0v) is 11.2. The summed E-state index contributed by atoms with van der Waals surface area (Å²) in [5, 5.41) is 18.3. The lowest BCUT2D eigenvalue weighted by Gasteiger charge is -2.28. The van der Waals surface area contributed by atoms with Crippen molar-refractivity contribution in [1.82, 2.24) is 15.0 Å². The highest BCUT2D eigenvalue weighted by molar-refractivity contribution is 5.29. The predicted octanol–water partition coefficient (Wildman–Crippen LogP) is 1.52. The molecule has 1 aliphatic rings. The molecule has 2 atom stereocenters. The van der Waals surface area contributed by atoms with Crippen LogP contribution in [0.2, 0.25) is 0 Å². The first-order chi connectivity index (χ1) is 9.22. The minimum atomic E-state index is -0.329. The minimum absolute atomic E-state index is 0.329. The fraction of sp³-hybridized carbons (Fsp3) is 0.467. The molecule has 100 valence electrons. The van der Waals surface area contributed by atoms with E-state index in [0.29, 0.717) is 12.3 Å². The van der Waals surface area contributed by atoms with E-state index in [2.05, 4.69) is 34.6 Å². The zero-order chi connectivity index (χ0) is 13.2. The summed E-state index contributed by atoms with van der Waals surface area (Å²) in [4.78, 5) is 0. The van der Waals surface area contributed by atoms with Gasteiger partial charge in [0.05, 0.1) is 11.8 Å². The number of rotatable bonds is 3. The van der Waals surface area contributed by atoms with Gasteiger partial charge in [0, 0.05) is 19.7 Å². The summed E-state index contributed by atoms with van der Waals surface area (Å²) < 4.78 is 1.68. The summed E-state index contributed by atoms with van der Waals surface area (Å²) in [6.45, 7) is 0. The average molecular weight is 257 g/mol. The maximum absolute atomic E-state index is 10.4. The minimum Gasteiger partial charge on any atom is -0.392 e. The van der Waals surface area contributed by atoms with Crippen LogP contribution in [-0.4, -0.2) is 26.2 Å². The van der Waals surface area contributed by atoms with E-state index in [1.807, 2.05) is 13.2 Å². The third-order valence-electron chi connectivity index (χ3n) is 4.00. The normalized spacial score (nSPS) is 20.0. The van der Waals surface area contributed by atoms with Crippen LogP contribution in [0.1, 0.15) is 23.2 Å². The number of hydrogen-bond donors (Lipinski definition) is 1. The van der Waals surface area contributed by atoms with Crippen molar-refractivity contribution in [3.8, 4) is 0 Å². The fourth-order valence-corrected chi connectivity index (χ4v) is 2.92. The Morgan fingerprint density at radius 3 is 2.89 bits per heavy atom. The van der Waals surface area contributed by atoms with Crippen molar-refractivity contribution in [2.24, 2.45) is 13.0 Å². The Morgan fingerprint density at radius 2 is 2.16 bits per heavy atom. The summed E-state index contributed by atoms with van der Waals surface area (Å²) in [7, 11) is 1.85. The molecule has 4 nitrogen and oxygen atoms in total. The standard InChI is InChI=1S/C15H19N3O/c1-18-10-14(16-17-18)9-15(19)13-7-6-11-4-2-3-5-12(11)8-13/h2-5,10,13,15,19H,6-9H2,1H3. The summed E-state index contributed by atoms with van der Waals surface area (Å²) in [6.07, 6.45) is 5.24. The molecule has 0 spiro atoms. The number of hydrogen-bond acceptors (Lipinski definition) is 3. The highest BCUT2D eigenvalue weighted by atomic mass is 16.3. The lowest BCUT2D eigenvalue weighted by atomic mass is 9.80. The first-order valence-electron chi connectivity index (χ1n) is 6.82. The second-order valence-corrected chi connectivity index (χ2v) is 5.43. The van der Waals surface area contributed by atoms with Crippen molar-refractivity contribution in [2.75, 3.05) is 0 Å². The molecule has 2 aromatic rings. The molecule has 2 unspecified atom stereocenters. The lowest BCUT2D eigenvalue weighted by molar-refractivity contribution is 0.0983. The Balaban J connectivity index is 1.67. The fourth-order valence-electron chi connectivity index (χ4n) is 2.92. The van der Waals surface area contributed by atoms with Crippen LogP contribution in [0.4, 0.5) is 0 Å². The van der Waals surface area contributed by atoms with Gasteiger partial charge in [-0.05, 0) is 36.3 Å². The third kappa shape index (κ3) is 2.68. The number of aromatic nitrogens is 3. The van der Waals surface area contributed by atoms with Crippen molar-refractivity contribution in [3.05, 3.63) is 47.3 Å². The Bertz CT molecular complexity index is 564. The summed E-state index contributed by atoms with van der Waals surface area (Å²) >= 11 is 0. The van der Waals surface area contributed by atoms with Crippen molar-refractivity contribution in [1.29, 1.82) is 0 Å². The zero-order valence-electron chi connectivity index (χ0n) is 11.2. The van der Waals surface area contributed by atoms with E-state index in [0.717, 1.165) is 25.0 Å². The Labute approximate surface area is 113 Å². The first-order valence-corrected chi connectivity index (χ1v) is 6.82.